The highest BCUT2D eigenvalue weighted by atomic mass is 16.3. The standard InChI is InChI=1S/C19H24N2O3/c1-14-5-6-18(24-14)12-20-17-4-2-3-16(11-17)19(23)21-9-7-15(13-22)8-10-21/h2-6,11,15,20,22H,7-10,12-13H2,1H3. The number of aryl methyl sites for hydroxylation is 1. The van der Waals surface area contributed by atoms with E-state index in [1.54, 1.807) is 0 Å². The van der Waals surface area contributed by atoms with E-state index < -0.39 is 0 Å². The number of likely N-dealkylation sites (tertiary alicyclic amines) is 1. The molecule has 0 atom stereocenters. The van der Waals surface area contributed by atoms with E-state index in [-0.39, 0.29) is 12.5 Å². The summed E-state index contributed by atoms with van der Waals surface area (Å²) in [5.74, 6) is 2.15. The summed E-state index contributed by atoms with van der Waals surface area (Å²) < 4.78 is 5.54. The Bertz CT molecular complexity index is 687. The first kappa shape index (κ1) is 16.6. The summed E-state index contributed by atoms with van der Waals surface area (Å²) in [6.45, 7) is 4.16. The lowest BCUT2D eigenvalue weighted by atomic mass is 9.97. The number of benzene rings is 1. The van der Waals surface area contributed by atoms with Gasteiger partial charge in [0, 0.05) is 30.9 Å². The van der Waals surface area contributed by atoms with E-state index in [9.17, 15) is 9.90 Å². The minimum absolute atomic E-state index is 0.0592. The maximum absolute atomic E-state index is 12.6. The zero-order valence-corrected chi connectivity index (χ0v) is 14.0. The maximum atomic E-state index is 12.6. The summed E-state index contributed by atoms with van der Waals surface area (Å²) in [6.07, 6.45) is 1.75. The number of hydrogen-bond acceptors (Lipinski definition) is 4. The van der Waals surface area contributed by atoms with Gasteiger partial charge in [0.2, 0.25) is 0 Å². The van der Waals surface area contributed by atoms with Crippen molar-refractivity contribution in [3.8, 4) is 0 Å². The van der Waals surface area contributed by atoms with E-state index in [1.807, 2.05) is 48.2 Å². The number of rotatable bonds is 5. The van der Waals surface area contributed by atoms with Gasteiger partial charge < -0.3 is 19.7 Å². The minimum Gasteiger partial charge on any atom is -0.465 e. The number of carbonyl (C=O) groups excluding carboxylic acids is 1. The van der Waals surface area contributed by atoms with Crippen LogP contribution >= 0.6 is 0 Å². The van der Waals surface area contributed by atoms with Crippen LogP contribution in [0.25, 0.3) is 0 Å². The van der Waals surface area contributed by atoms with E-state index in [0.29, 0.717) is 31.1 Å². The molecule has 2 N–H and O–H groups in total. The van der Waals surface area contributed by atoms with Gasteiger partial charge in [0.25, 0.3) is 5.91 Å². The van der Waals surface area contributed by atoms with Crippen molar-refractivity contribution in [1.29, 1.82) is 0 Å². The van der Waals surface area contributed by atoms with Gasteiger partial charge in [-0.2, -0.15) is 0 Å². The summed E-state index contributed by atoms with van der Waals surface area (Å²) in [4.78, 5) is 14.5. The Balaban J connectivity index is 1.61. The highest BCUT2D eigenvalue weighted by molar-refractivity contribution is 5.95. The molecule has 0 radical (unpaired) electrons. The zero-order valence-electron chi connectivity index (χ0n) is 14.0. The molecule has 0 bridgehead atoms. The Hall–Kier alpha value is -2.27. The van der Waals surface area contributed by atoms with Gasteiger partial charge in [-0.25, -0.2) is 0 Å². The molecule has 128 valence electrons. The van der Waals surface area contributed by atoms with E-state index in [4.69, 9.17) is 4.42 Å². The molecule has 24 heavy (non-hydrogen) atoms. The first-order valence-corrected chi connectivity index (χ1v) is 8.45. The molecule has 5 heteroatoms. The van der Waals surface area contributed by atoms with Gasteiger partial charge in [0.1, 0.15) is 11.5 Å². The number of amides is 1. The first-order valence-electron chi connectivity index (χ1n) is 8.45. The predicted molar refractivity (Wildman–Crippen MR) is 92.9 cm³/mol. The molecule has 2 heterocycles. The number of carbonyl (C=O) groups is 1. The lowest BCUT2D eigenvalue weighted by Gasteiger charge is -2.31. The van der Waals surface area contributed by atoms with E-state index in [2.05, 4.69) is 5.32 Å². The Morgan fingerprint density at radius 1 is 1.29 bits per heavy atom. The van der Waals surface area contributed by atoms with Crippen LogP contribution in [0.1, 0.15) is 34.7 Å². The van der Waals surface area contributed by atoms with Crippen molar-refractivity contribution in [3.63, 3.8) is 0 Å². The largest absolute Gasteiger partial charge is 0.465 e. The molecule has 1 aliphatic rings. The van der Waals surface area contributed by atoms with Crippen molar-refractivity contribution < 1.29 is 14.3 Å². The Labute approximate surface area is 142 Å². The molecule has 0 spiro atoms. The van der Waals surface area contributed by atoms with Crippen LogP contribution in [0.2, 0.25) is 0 Å². The second-order valence-corrected chi connectivity index (χ2v) is 6.36. The molecule has 5 nitrogen and oxygen atoms in total. The van der Waals surface area contributed by atoms with E-state index >= 15 is 0 Å². The van der Waals surface area contributed by atoms with Crippen LogP contribution in [-0.2, 0) is 6.54 Å². The molecule has 0 unspecified atom stereocenters. The first-order chi connectivity index (χ1) is 11.7. The monoisotopic (exact) mass is 328 g/mol. The molecular weight excluding hydrogens is 304 g/mol. The fraction of sp³-hybridized carbons (Fsp3) is 0.421. The van der Waals surface area contributed by atoms with Gasteiger partial charge in [-0.15, -0.1) is 0 Å². The number of nitrogens with zero attached hydrogens (tertiary/aromatic N) is 1. The predicted octanol–water partition coefficient (Wildman–Crippen LogP) is 3.04. The third kappa shape index (κ3) is 3.97. The molecule has 1 aliphatic heterocycles. The van der Waals surface area contributed by atoms with Crippen LogP contribution in [0.3, 0.4) is 0 Å². The third-order valence-electron chi connectivity index (χ3n) is 4.53. The van der Waals surface area contributed by atoms with Crippen molar-refractivity contribution in [2.24, 2.45) is 5.92 Å². The second-order valence-electron chi connectivity index (χ2n) is 6.36. The highest BCUT2D eigenvalue weighted by Crippen LogP contribution is 2.20. The Morgan fingerprint density at radius 2 is 2.08 bits per heavy atom. The van der Waals surface area contributed by atoms with Crippen molar-refractivity contribution in [1.82, 2.24) is 4.90 Å². The highest BCUT2D eigenvalue weighted by Gasteiger charge is 2.23. The van der Waals surface area contributed by atoms with Crippen molar-refractivity contribution >= 4 is 11.6 Å². The van der Waals surface area contributed by atoms with E-state index in [1.165, 1.54) is 0 Å². The molecular formula is C19H24N2O3. The molecule has 3 rings (SSSR count). The number of aliphatic hydroxyl groups is 1. The van der Waals surface area contributed by atoms with Gasteiger partial charge in [-0.1, -0.05) is 6.07 Å². The smallest absolute Gasteiger partial charge is 0.253 e. The van der Waals surface area contributed by atoms with Gasteiger partial charge in [0.05, 0.1) is 6.54 Å². The van der Waals surface area contributed by atoms with Crippen LogP contribution in [0.4, 0.5) is 5.69 Å². The summed E-state index contributed by atoms with van der Waals surface area (Å²) in [7, 11) is 0. The molecule has 1 saturated heterocycles. The average molecular weight is 328 g/mol. The number of aliphatic hydroxyl groups excluding tert-OH is 1. The van der Waals surface area contributed by atoms with Crippen molar-refractivity contribution in [2.75, 3.05) is 25.0 Å². The summed E-state index contributed by atoms with van der Waals surface area (Å²) >= 11 is 0. The third-order valence-corrected chi connectivity index (χ3v) is 4.53. The SMILES string of the molecule is Cc1ccc(CNc2cccc(C(=O)N3CCC(CO)CC3)c2)o1. The fourth-order valence-electron chi connectivity index (χ4n) is 3.03. The maximum Gasteiger partial charge on any atom is 0.253 e. The number of hydrogen-bond donors (Lipinski definition) is 2. The second kappa shape index (κ2) is 7.53. The quantitative estimate of drug-likeness (QED) is 0.885. The Morgan fingerprint density at radius 3 is 2.75 bits per heavy atom. The minimum atomic E-state index is 0.0592. The zero-order chi connectivity index (χ0) is 16.9. The Kier molecular flexibility index (Phi) is 5.20. The molecule has 1 amide bonds. The summed E-state index contributed by atoms with van der Waals surface area (Å²) in [6, 6.07) is 11.5. The number of nitrogens with one attached hydrogen (secondary N) is 1. The van der Waals surface area contributed by atoms with Crippen LogP contribution < -0.4 is 5.32 Å². The number of piperidine rings is 1. The topological polar surface area (TPSA) is 65.7 Å². The number of furan rings is 1. The van der Waals surface area contributed by atoms with Crippen LogP contribution in [0.15, 0.2) is 40.8 Å². The van der Waals surface area contributed by atoms with Crippen molar-refractivity contribution in [2.45, 2.75) is 26.3 Å². The van der Waals surface area contributed by atoms with Gasteiger partial charge in [-0.05, 0) is 56.0 Å². The lowest BCUT2D eigenvalue weighted by molar-refractivity contribution is 0.0651. The molecule has 1 fully saturated rings. The molecule has 1 aromatic heterocycles. The fourth-order valence-corrected chi connectivity index (χ4v) is 3.03. The molecule has 2 aromatic rings. The summed E-state index contributed by atoms with van der Waals surface area (Å²) in [5, 5.41) is 12.5. The number of anilines is 1. The molecule has 0 saturated carbocycles. The normalized spacial score (nSPS) is 15.5. The molecule has 0 aliphatic carbocycles. The van der Waals surface area contributed by atoms with Crippen LogP contribution in [0.5, 0.6) is 0 Å². The van der Waals surface area contributed by atoms with Gasteiger partial charge in [-0.3, -0.25) is 4.79 Å². The van der Waals surface area contributed by atoms with Crippen molar-refractivity contribution in [3.05, 3.63) is 53.5 Å². The van der Waals surface area contributed by atoms with Crippen LogP contribution in [0, 0.1) is 12.8 Å². The summed E-state index contributed by atoms with van der Waals surface area (Å²) in [5.41, 5.74) is 1.60. The van der Waals surface area contributed by atoms with Crippen LogP contribution in [-0.4, -0.2) is 35.6 Å². The molecule has 1 aromatic carbocycles. The van der Waals surface area contributed by atoms with E-state index in [0.717, 1.165) is 30.0 Å². The van der Waals surface area contributed by atoms with Gasteiger partial charge in [0.15, 0.2) is 0 Å². The van der Waals surface area contributed by atoms with Gasteiger partial charge >= 0.3 is 0 Å². The average Bonchev–Trinajstić information content (AvgIpc) is 3.05. The lowest BCUT2D eigenvalue weighted by Crippen LogP contribution is -2.39.